The van der Waals surface area contributed by atoms with E-state index in [1.165, 1.54) is 18.2 Å². The number of rotatable bonds is 6. The molecule has 2 aromatic rings. The summed E-state index contributed by atoms with van der Waals surface area (Å²) < 4.78 is 15.9. The van der Waals surface area contributed by atoms with Crippen molar-refractivity contribution >= 4 is 29.4 Å². The maximum absolute atomic E-state index is 12.2. The van der Waals surface area contributed by atoms with Gasteiger partial charge in [-0.3, -0.25) is 4.79 Å². The first-order valence-corrected chi connectivity index (χ1v) is 8.15. The fraction of sp³-hybridized carbons (Fsp3) is 0.158. The molecule has 0 fully saturated rings. The molecule has 1 heterocycles. The highest BCUT2D eigenvalue weighted by Crippen LogP contribution is 2.38. The molecule has 134 valence electrons. The lowest BCUT2D eigenvalue weighted by Crippen LogP contribution is -2.28. The van der Waals surface area contributed by atoms with Crippen LogP contribution in [0.2, 0.25) is 5.02 Å². The van der Waals surface area contributed by atoms with Crippen molar-refractivity contribution in [1.82, 2.24) is 0 Å². The molecule has 1 aliphatic rings. The van der Waals surface area contributed by atoms with E-state index in [-0.39, 0.29) is 5.78 Å². The third-order valence-electron chi connectivity index (χ3n) is 3.54. The Morgan fingerprint density at radius 1 is 1.15 bits per heavy atom. The summed E-state index contributed by atoms with van der Waals surface area (Å²) in [5.41, 5.74) is 1.15. The molecular formula is C19H14ClO6-. The van der Waals surface area contributed by atoms with Crippen molar-refractivity contribution in [2.24, 2.45) is 0 Å². The van der Waals surface area contributed by atoms with E-state index in [2.05, 4.69) is 0 Å². The van der Waals surface area contributed by atoms with Gasteiger partial charge in [-0.05, 0) is 48.0 Å². The van der Waals surface area contributed by atoms with Crippen LogP contribution in [0.3, 0.4) is 0 Å². The topological polar surface area (TPSA) is 84.9 Å². The number of halogens is 1. The second-order valence-corrected chi connectivity index (χ2v) is 5.82. The SMILES string of the molecule is O=C([O-])COc1ccc(C(=O)/C=C/c2cc(Cl)c3c(c2)OCCO3)cc1. The van der Waals surface area contributed by atoms with Crippen LogP contribution in [-0.4, -0.2) is 31.6 Å². The molecular weight excluding hydrogens is 360 g/mol. The third kappa shape index (κ3) is 4.34. The molecule has 26 heavy (non-hydrogen) atoms. The molecule has 0 aliphatic carbocycles. The van der Waals surface area contributed by atoms with E-state index in [0.29, 0.717) is 46.6 Å². The average molecular weight is 374 g/mol. The summed E-state index contributed by atoms with van der Waals surface area (Å²) in [6.07, 6.45) is 3.05. The molecule has 2 aromatic carbocycles. The Kier molecular flexibility index (Phi) is 5.43. The van der Waals surface area contributed by atoms with Gasteiger partial charge in [-0.1, -0.05) is 17.7 Å². The predicted octanol–water partition coefficient (Wildman–Crippen LogP) is 2.14. The van der Waals surface area contributed by atoms with Crippen LogP contribution in [0.4, 0.5) is 0 Å². The number of fused-ring (bicyclic) bond motifs is 1. The summed E-state index contributed by atoms with van der Waals surface area (Å²) in [4.78, 5) is 22.6. The molecule has 0 amide bonds. The molecule has 3 rings (SSSR count). The van der Waals surface area contributed by atoms with Crippen molar-refractivity contribution in [2.45, 2.75) is 0 Å². The number of benzene rings is 2. The van der Waals surface area contributed by atoms with Gasteiger partial charge in [0, 0.05) is 5.56 Å². The van der Waals surface area contributed by atoms with Gasteiger partial charge in [0.1, 0.15) is 25.6 Å². The standard InChI is InChI=1S/C19H15ClO6/c20-15-9-12(10-17-19(15)25-8-7-24-17)1-6-16(21)13-2-4-14(5-3-13)26-11-18(22)23/h1-6,9-10H,7-8,11H2,(H,22,23)/p-1/b6-1+. The summed E-state index contributed by atoms with van der Waals surface area (Å²) in [5, 5.41) is 10.8. The molecule has 7 heteroatoms. The molecule has 0 aromatic heterocycles. The number of ether oxygens (including phenoxy) is 3. The fourth-order valence-corrected chi connectivity index (χ4v) is 2.63. The second-order valence-electron chi connectivity index (χ2n) is 5.41. The molecule has 0 radical (unpaired) electrons. The molecule has 1 aliphatic heterocycles. The Morgan fingerprint density at radius 3 is 2.62 bits per heavy atom. The van der Waals surface area contributed by atoms with E-state index in [0.717, 1.165) is 0 Å². The average Bonchev–Trinajstić information content (AvgIpc) is 2.65. The number of hydrogen-bond acceptors (Lipinski definition) is 6. The molecule has 6 nitrogen and oxygen atoms in total. The van der Waals surface area contributed by atoms with Crippen molar-refractivity contribution in [3.63, 3.8) is 0 Å². The number of carboxylic acids is 1. The minimum atomic E-state index is -1.31. The van der Waals surface area contributed by atoms with Gasteiger partial charge in [0.25, 0.3) is 0 Å². The molecule has 0 unspecified atom stereocenters. The normalized spacial score (nSPS) is 12.8. The fourth-order valence-electron chi connectivity index (χ4n) is 2.35. The van der Waals surface area contributed by atoms with E-state index >= 15 is 0 Å². The Morgan fingerprint density at radius 2 is 1.88 bits per heavy atom. The number of carboxylic acid groups (broad SMARTS) is 1. The van der Waals surface area contributed by atoms with Gasteiger partial charge in [-0.15, -0.1) is 0 Å². The zero-order valence-electron chi connectivity index (χ0n) is 13.6. The van der Waals surface area contributed by atoms with Crippen LogP contribution in [0.15, 0.2) is 42.5 Å². The van der Waals surface area contributed by atoms with Gasteiger partial charge in [-0.2, -0.15) is 0 Å². The smallest absolute Gasteiger partial charge is 0.185 e. The third-order valence-corrected chi connectivity index (χ3v) is 3.82. The van der Waals surface area contributed by atoms with Crippen LogP contribution in [0.5, 0.6) is 17.2 Å². The summed E-state index contributed by atoms with van der Waals surface area (Å²) in [6.45, 7) is 0.350. The van der Waals surface area contributed by atoms with Gasteiger partial charge < -0.3 is 24.1 Å². The molecule has 0 atom stereocenters. The molecule has 0 saturated carbocycles. The minimum Gasteiger partial charge on any atom is -0.546 e. The van der Waals surface area contributed by atoms with Gasteiger partial charge in [0.2, 0.25) is 0 Å². The van der Waals surface area contributed by atoms with Crippen LogP contribution in [0, 0.1) is 0 Å². The van der Waals surface area contributed by atoms with Crippen molar-refractivity contribution < 1.29 is 28.9 Å². The molecule has 0 N–H and O–H groups in total. The lowest BCUT2D eigenvalue weighted by molar-refractivity contribution is -0.307. The summed E-state index contributed by atoms with van der Waals surface area (Å²) in [6, 6.07) is 9.58. The van der Waals surface area contributed by atoms with Crippen LogP contribution < -0.4 is 19.3 Å². The Labute approximate surface area is 154 Å². The van der Waals surface area contributed by atoms with E-state index in [9.17, 15) is 14.7 Å². The highest BCUT2D eigenvalue weighted by atomic mass is 35.5. The van der Waals surface area contributed by atoms with E-state index in [4.69, 9.17) is 25.8 Å². The van der Waals surface area contributed by atoms with E-state index < -0.39 is 12.6 Å². The maximum Gasteiger partial charge on any atom is 0.185 e. The number of carbonyl (C=O) groups is 2. The van der Waals surface area contributed by atoms with Crippen molar-refractivity contribution in [2.75, 3.05) is 19.8 Å². The Balaban J connectivity index is 1.69. The number of carbonyl (C=O) groups excluding carboxylic acids is 2. The minimum absolute atomic E-state index is 0.220. The number of ketones is 1. The van der Waals surface area contributed by atoms with E-state index in [1.807, 2.05) is 0 Å². The second kappa shape index (κ2) is 7.93. The van der Waals surface area contributed by atoms with Crippen molar-refractivity contribution in [3.8, 4) is 17.2 Å². The van der Waals surface area contributed by atoms with E-state index in [1.54, 1.807) is 30.3 Å². The van der Waals surface area contributed by atoms with Gasteiger partial charge in [0.15, 0.2) is 17.3 Å². The van der Waals surface area contributed by atoms with Crippen LogP contribution in [-0.2, 0) is 4.79 Å². The Hall–Kier alpha value is -2.99. The molecule has 0 spiro atoms. The quantitative estimate of drug-likeness (QED) is 0.569. The highest BCUT2D eigenvalue weighted by molar-refractivity contribution is 6.32. The van der Waals surface area contributed by atoms with Crippen molar-refractivity contribution in [1.29, 1.82) is 0 Å². The number of aliphatic carboxylic acids is 1. The zero-order chi connectivity index (χ0) is 18.5. The highest BCUT2D eigenvalue weighted by Gasteiger charge is 2.16. The summed E-state index contributed by atoms with van der Waals surface area (Å²) >= 11 is 6.17. The van der Waals surface area contributed by atoms with Gasteiger partial charge in [0.05, 0.1) is 11.0 Å². The zero-order valence-corrected chi connectivity index (χ0v) is 14.3. The monoisotopic (exact) mass is 373 g/mol. The van der Waals surface area contributed by atoms with Crippen LogP contribution in [0.1, 0.15) is 15.9 Å². The first-order valence-electron chi connectivity index (χ1n) is 7.77. The number of allylic oxidation sites excluding steroid dienone is 1. The predicted molar refractivity (Wildman–Crippen MR) is 92.8 cm³/mol. The van der Waals surface area contributed by atoms with Crippen molar-refractivity contribution in [3.05, 3.63) is 58.6 Å². The van der Waals surface area contributed by atoms with Gasteiger partial charge in [-0.25, -0.2) is 0 Å². The number of hydrogen-bond donors (Lipinski definition) is 0. The lowest BCUT2D eigenvalue weighted by Gasteiger charge is -2.19. The molecule has 0 bridgehead atoms. The maximum atomic E-state index is 12.2. The van der Waals surface area contributed by atoms with Crippen LogP contribution in [0.25, 0.3) is 6.08 Å². The Bertz CT molecular complexity index is 857. The van der Waals surface area contributed by atoms with Crippen LogP contribution >= 0.6 is 11.6 Å². The summed E-state index contributed by atoms with van der Waals surface area (Å²) in [5.74, 6) is -0.138. The lowest BCUT2D eigenvalue weighted by atomic mass is 10.1. The molecule has 0 saturated heterocycles. The first kappa shape index (κ1) is 17.8. The largest absolute Gasteiger partial charge is 0.546 e. The summed E-state index contributed by atoms with van der Waals surface area (Å²) in [7, 11) is 0. The van der Waals surface area contributed by atoms with Gasteiger partial charge >= 0.3 is 0 Å². The first-order chi connectivity index (χ1) is 12.5.